The highest BCUT2D eigenvalue weighted by Crippen LogP contribution is 2.73. The normalized spacial score (nSPS) is 24.1. The largest absolute Gasteiger partial charge is 0.387 e. The predicted octanol–water partition coefficient (Wildman–Crippen LogP) is 16.1. The van der Waals surface area contributed by atoms with Crippen LogP contribution in [-0.2, 0) is 12.8 Å². The Kier molecular flexibility index (Phi) is 19.8. The van der Waals surface area contributed by atoms with Crippen LogP contribution in [0.2, 0.25) is 20.4 Å². The van der Waals surface area contributed by atoms with Crippen LogP contribution in [0.4, 0.5) is 5.69 Å². The van der Waals surface area contributed by atoms with E-state index in [0.29, 0.717) is 32.0 Å². The van der Waals surface area contributed by atoms with Crippen molar-refractivity contribution in [3.8, 4) is 0 Å². The number of ketones is 2. The number of hydrogen-bond donors (Lipinski definition) is 1. The fourth-order valence-corrected chi connectivity index (χ4v) is 11.0. The van der Waals surface area contributed by atoms with Crippen LogP contribution < -0.4 is 5.32 Å². The predicted molar refractivity (Wildman–Crippen MR) is 262 cm³/mol. The number of halogens is 4. The SMILES string of the molecule is C.CC(=O)c1cc(Cl)nc(Cl)c1.CC(=O)c1ccc(C)c(Cl)c1.CC1C2CCC1(C)C2(C)C.CC1CC2CCC1C2.CC1Cc2ccccc2C1.CNc1ccnc(C)c1Cl. The van der Waals surface area contributed by atoms with Crippen molar-refractivity contribution in [3.63, 3.8) is 0 Å². The molecule has 6 atom stereocenters. The second kappa shape index (κ2) is 23.1. The summed E-state index contributed by atoms with van der Waals surface area (Å²) in [6, 6.07) is 18.9. The molecule has 10 rings (SSSR count). The van der Waals surface area contributed by atoms with E-state index in [9.17, 15) is 9.59 Å². The molecule has 0 amide bonds. The van der Waals surface area contributed by atoms with E-state index in [-0.39, 0.29) is 29.3 Å². The van der Waals surface area contributed by atoms with Gasteiger partial charge in [-0.3, -0.25) is 14.6 Å². The lowest BCUT2D eigenvalue weighted by atomic mass is 9.46. The van der Waals surface area contributed by atoms with Crippen molar-refractivity contribution in [2.75, 3.05) is 12.4 Å². The first-order valence-corrected chi connectivity index (χ1v) is 23.2. The van der Waals surface area contributed by atoms with Crippen molar-refractivity contribution in [2.24, 2.45) is 46.3 Å². The molecule has 9 heteroatoms. The van der Waals surface area contributed by atoms with Crippen molar-refractivity contribution in [3.05, 3.63) is 121 Å². The first-order valence-electron chi connectivity index (χ1n) is 21.6. The number of nitrogens with one attached hydrogen (secondary N) is 1. The molecule has 5 nitrogen and oxygen atoms in total. The molecule has 4 bridgehead atoms. The Labute approximate surface area is 388 Å². The summed E-state index contributed by atoms with van der Waals surface area (Å²) in [4.78, 5) is 29.4. The number of aromatic nitrogens is 2. The van der Waals surface area contributed by atoms with Crippen LogP contribution in [0.5, 0.6) is 0 Å². The molecular weight excluding hydrogens is 840 g/mol. The van der Waals surface area contributed by atoms with E-state index < -0.39 is 0 Å². The Hall–Kier alpha value is -2.96. The van der Waals surface area contributed by atoms with Crippen LogP contribution in [0, 0.1) is 60.2 Å². The Morgan fingerprint density at radius 3 is 1.72 bits per heavy atom. The smallest absolute Gasteiger partial charge is 0.160 e. The minimum atomic E-state index is -0.0730. The molecule has 0 saturated heterocycles. The summed E-state index contributed by atoms with van der Waals surface area (Å²) in [7, 11) is 1.83. The summed E-state index contributed by atoms with van der Waals surface area (Å²) in [6.07, 6.45) is 13.5. The minimum Gasteiger partial charge on any atom is -0.387 e. The molecule has 61 heavy (non-hydrogen) atoms. The Morgan fingerprint density at radius 2 is 1.36 bits per heavy atom. The fraction of sp³-hybridized carbons (Fsp3) is 0.538. The topological polar surface area (TPSA) is 72.0 Å². The number of nitrogens with zero attached hydrogens (tertiary/aromatic N) is 2. The van der Waals surface area contributed by atoms with Gasteiger partial charge in [0.1, 0.15) is 10.3 Å². The van der Waals surface area contributed by atoms with Crippen LogP contribution in [0.15, 0.2) is 66.9 Å². The van der Waals surface area contributed by atoms with Crippen LogP contribution in [0.3, 0.4) is 0 Å². The number of anilines is 1. The average molecular weight is 912 g/mol. The van der Waals surface area contributed by atoms with Crippen LogP contribution in [0.1, 0.15) is 144 Å². The van der Waals surface area contributed by atoms with E-state index in [4.69, 9.17) is 46.4 Å². The van der Waals surface area contributed by atoms with Crippen molar-refractivity contribution in [1.29, 1.82) is 0 Å². The summed E-state index contributed by atoms with van der Waals surface area (Å²) >= 11 is 22.8. The zero-order valence-corrected chi connectivity index (χ0v) is 40.7. The summed E-state index contributed by atoms with van der Waals surface area (Å²) < 4.78 is 0. The summed E-state index contributed by atoms with van der Waals surface area (Å²) in [6.45, 7) is 21.3. The first kappa shape index (κ1) is 52.4. The van der Waals surface area contributed by atoms with Crippen molar-refractivity contribution in [2.45, 2.75) is 128 Å². The van der Waals surface area contributed by atoms with Gasteiger partial charge in [-0.15, -0.1) is 0 Å². The maximum absolute atomic E-state index is 10.9. The quantitative estimate of drug-likeness (QED) is 0.164. The molecule has 6 aliphatic rings. The van der Waals surface area contributed by atoms with Gasteiger partial charge in [0.05, 0.1) is 16.4 Å². The number of aryl methyl sites for hydroxylation is 2. The van der Waals surface area contributed by atoms with Gasteiger partial charge in [-0.1, -0.05) is 138 Å². The average Bonchev–Trinajstić information content (AvgIpc) is 4.02. The molecule has 4 aromatic rings. The van der Waals surface area contributed by atoms with Crippen molar-refractivity contribution in [1.82, 2.24) is 9.97 Å². The van der Waals surface area contributed by atoms with Gasteiger partial charge in [0, 0.05) is 29.4 Å². The minimum absolute atomic E-state index is 0. The number of carbonyl (C=O) groups is 2. The molecule has 5 saturated carbocycles. The van der Waals surface area contributed by atoms with Crippen LogP contribution in [0.25, 0.3) is 0 Å². The molecule has 0 spiro atoms. The van der Waals surface area contributed by atoms with Crippen LogP contribution in [-0.4, -0.2) is 28.6 Å². The summed E-state index contributed by atoms with van der Waals surface area (Å²) in [5.41, 5.74) is 8.41. The van der Waals surface area contributed by atoms with E-state index in [2.05, 4.69) is 81.1 Å². The molecule has 1 N–H and O–H groups in total. The van der Waals surface area contributed by atoms with Gasteiger partial charge in [0.25, 0.3) is 0 Å². The lowest BCUT2D eigenvalue weighted by molar-refractivity contribution is -0.107. The number of pyridine rings is 2. The monoisotopic (exact) mass is 909 g/mol. The molecule has 2 aromatic heterocycles. The number of carbonyl (C=O) groups excluding carboxylic acids is 2. The van der Waals surface area contributed by atoms with Crippen molar-refractivity contribution >= 4 is 63.7 Å². The zero-order valence-electron chi connectivity index (χ0n) is 37.7. The number of fused-ring (bicyclic) bond motifs is 4. The lowest BCUT2D eigenvalue weighted by Crippen LogP contribution is -2.53. The van der Waals surface area contributed by atoms with Crippen molar-refractivity contribution < 1.29 is 9.59 Å². The lowest BCUT2D eigenvalue weighted by Gasteiger charge is -2.59. The van der Waals surface area contributed by atoms with Crippen LogP contribution >= 0.6 is 46.4 Å². The van der Waals surface area contributed by atoms with E-state index in [1.165, 1.54) is 51.7 Å². The van der Waals surface area contributed by atoms with Gasteiger partial charge < -0.3 is 5.32 Å². The molecule has 0 radical (unpaired) electrons. The van der Waals surface area contributed by atoms with Gasteiger partial charge in [0.15, 0.2) is 11.6 Å². The molecule has 0 aliphatic heterocycles. The third kappa shape index (κ3) is 13.5. The number of Topliss-reactive ketones (excluding diaryl/α,β-unsaturated/α-hetero) is 2. The van der Waals surface area contributed by atoms with Gasteiger partial charge in [-0.25, -0.2) is 4.98 Å². The Balaban J connectivity index is 0.000000195. The molecule has 2 aromatic carbocycles. The number of benzene rings is 2. The molecule has 334 valence electrons. The van der Waals surface area contributed by atoms with Gasteiger partial charge in [-0.2, -0.15) is 0 Å². The fourth-order valence-electron chi connectivity index (χ4n) is 10.2. The maximum Gasteiger partial charge on any atom is 0.160 e. The van der Waals surface area contributed by atoms with E-state index in [1.54, 1.807) is 55.1 Å². The zero-order chi connectivity index (χ0) is 44.5. The Morgan fingerprint density at radius 1 is 0.770 bits per heavy atom. The number of rotatable bonds is 3. The molecule has 6 aliphatic carbocycles. The third-order valence-corrected chi connectivity index (χ3v) is 15.7. The molecule has 2 heterocycles. The highest BCUT2D eigenvalue weighted by atomic mass is 35.5. The van der Waals surface area contributed by atoms with E-state index in [1.807, 2.05) is 33.0 Å². The molecule has 5 fully saturated rings. The number of hydrogen-bond acceptors (Lipinski definition) is 5. The molecule has 6 unspecified atom stereocenters. The van der Waals surface area contributed by atoms with E-state index >= 15 is 0 Å². The highest BCUT2D eigenvalue weighted by molar-refractivity contribution is 6.34. The maximum atomic E-state index is 10.9. The summed E-state index contributed by atoms with van der Waals surface area (Å²) in [5.74, 6) is 6.25. The molecular formula is C52H71Cl4N3O2. The third-order valence-electron chi connectivity index (χ3n) is 14.4. The van der Waals surface area contributed by atoms with Gasteiger partial charge >= 0.3 is 0 Å². The second-order valence-electron chi connectivity index (χ2n) is 18.6. The highest BCUT2D eigenvalue weighted by Gasteiger charge is 2.66. The van der Waals surface area contributed by atoms with E-state index in [0.717, 1.165) is 52.5 Å². The van der Waals surface area contributed by atoms with Gasteiger partial charge in [0.2, 0.25) is 0 Å². The van der Waals surface area contributed by atoms with Gasteiger partial charge in [-0.05, 0) is 160 Å². The second-order valence-corrected chi connectivity index (χ2v) is 20.2. The standard InChI is InChI=1S/C10H18.C10H12.C9H9ClO.C8H14.C7H5Cl2NO.C7H9ClN2.CH4/c1-7-8-5-6-10(7,4)9(8,2)3;1-8-6-9-4-2-3-5-10(9)7-8;1-6-3-4-8(7(2)11)5-9(6)10;1-6-4-7-2-3-8(6)5-7;1-4(11)5-2-6(8)10-7(9)3-5;1-5-7(8)6(9-2)3-4-10-5;/h7-8H,5-6H2,1-4H3;2-5,8H,6-7H2,1H3;3-5H,1-2H3;6-8H,2-5H2,1H3;2-3H,1H3;3-4H,1-2H3,(H,9,10);1H4. The summed E-state index contributed by atoms with van der Waals surface area (Å²) in [5, 5.41) is 4.79. The first-order chi connectivity index (χ1) is 28.2. The Bertz CT molecular complexity index is 2040.